The molecule has 1 unspecified atom stereocenters. The van der Waals surface area contributed by atoms with E-state index in [1.165, 1.54) is 0 Å². The van der Waals surface area contributed by atoms with E-state index in [4.69, 9.17) is 4.74 Å². The molecule has 0 aliphatic carbocycles. The van der Waals surface area contributed by atoms with Crippen LogP contribution in [-0.4, -0.2) is 43.0 Å². The summed E-state index contributed by atoms with van der Waals surface area (Å²) >= 11 is 0. The highest BCUT2D eigenvalue weighted by Gasteiger charge is 2.28. The Morgan fingerprint density at radius 2 is 1.79 bits per heavy atom. The second kappa shape index (κ2) is 9.02. The molecule has 5 heteroatoms. The lowest BCUT2D eigenvalue weighted by molar-refractivity contribution is -0.145. The van der Waals surface area contributed by atoms with Gasteiger partial charge in [-0.2, -0.15) is 0 Å². The molecule has 28 heavy (non-hydrogen) atoms. The van der Waals surface area contributed by atoms with Crippen LogP contribution >= 0.6 is 0 Å². The number of likely N-dealkylation sites (N-methyl/N-ethyl adjacent to an activating group) is 1. The molecule has 2 aromatic carbocycles. The molecule has 0 N–H and O–H groups in total. The lowest BCUT2D eigenvalue weighted by Crippen LogP contribution is -2.28. The van der Waals surface area contributed by atoms with Crippen molar-refractivity contribution in [1.29, 1.82) is 0 Å². The Labute approximate surface area is 166 Å². The van der Waals surface area contributed by atoms with E-state index in [2.05, 4.69) is 18.7 Å². The largest absolute Gasteiger partial charge is 0.464 e. The highest BCUT2D eigenvalue weighted by molar-refractivity contribution is 6.09. The van der Waals surface area contributed by atoms with E-state index in [9.17, 15) is 9.59 Å². The highest BCUT2D eigenvalue weighted by atomic mass is 16.5. The third-order valence-electron chi connectivity index (χ3n) is 5.43. The molecule has 0 spiro atoms. The van der Waals surface area contributed by atoms with Crippen LogP contribution in [0.2, 0.25) is 0 Å². The second-order valence-electron chi connectivity index (χ2n) is 7.06. The summed E-state index contributed by atoms with van der Waals surface area (Å²) in [6.07, 6.45) is 0. The molecular formula is C23H28N2O3. The Morgan fingerprint density at radius 1 is 1.11 bits per heavy atom. The van der Waals surface area contributed by atoms with Crippen LogP contribution in [0.4, 0.5) is 5.69 Å². The fourth-order valence-corrected chi connectivity index (χ4v) is 3.48. The topological polar surface area (TPSA) is 49.9 Å². The molecule has 1 amide bonds. The van der Waals surface area contributed by atoms with Crippen LogP contribution in [0.3, 0.4) is 0 Å². The van der Waals surface area contributed by atoms with Crippen molar-refractivity contribution < 1.29 is 14.3 Å². The predicted molar refractivity (Wildman–Crippen MR) is 111 cm³/mol. The molecule has 0 fully saturated rings. The number of ether oxygens (including phenoxy) is 1. The van der Waals surface area contributed by atoms with Gasteiger partial charge in [0.15, 0.2) is 0 Å². The van der Waals surface area contributed by atoms with E-state index in [0.29, 0.717) is 13.2 Å². The summed E-state index contributed by atoms with van der Waals surface area (Å²) in [5, 5.41) is 0. The van der Waals surface area contributed by atoms with Gasteiger partial charge in [-0.1, -0.05) is 44.2 Å². The van der Waals surface area contributed by atoms with E-state index in [-0.39, 0.29) is 17.8 Å². The second-order valence-corrected chi connectivity index (χ2v) is 7.06. The smallest absolute Gasteiger partial charge is 0.313 e. The summed E-state index contributed by atoms with van der Waals surface area (Å²) in [6.45, 7) is 9.68. The van der Waals surface area contributed by atoms with Crippen LogP contribution in [0.1, 0.15) is 48.2 Å². The molecule has 0 bridgehead atoms. The molecular weight excluding hydrogens is 352 g/mol. The van der Waals surface area contributed by atoms with Crippen molar-refractivity contribution >= 4 is 17.6 Å². The minimum absolute atomic E-state index is 0.0206. The number of esters is 1. The Hall–Kier alpha value is -2.66. The molecule has 1 aliphatic heterocycles. The summed E-state index contributed by atoms with van der Waals surface area (Å²) in [7, 11) is 0. The maximum atomic E-state index is 12.6. The number of hydrogen-bond donors (Lipinski definition) is 0. The molecule has 3 rings (SSSR count). The first-order chi connectivity index (χ1) is 13.5. The van der Waals surface area contributed by atoms with Crippen molar-refractivity contribution in [2.45, 2.75) is 33.2 Å². The number of rotatable bonds is 8. The number of carbonyl (C=O) groups is 2. The Bertz CT molecular complexity index is 828. The van der Waals surface area contributed by atoms with Gasteiger partial charge in [-0.05, 0) is 49.3 Å². The standard InChI is InChI=1S/C23H28N2O3/c1-4-24(5-2)14-15-28-23(27)17(3)18-10-12-20(13-11-18)25-16-19-8-6-7-9-21(19)22(25)26/h6-13,17H,4-5,14-16H2,1-3H3. The van der Waals surface area contributed by atoms with Gasteiger partial charge in [0.05, 0.1) is 12.5 Å². The third kappa shape index (κ3) is 4.25. The minimum Gasteiger partial charge on any atom is -0.464 e. The first kappa shape index (κ1) is 20.1. The molecule has 0 radical (unpaired) electrons. The molecule has 0 saturated carbocycles. The average molecular weight is 380 g/mol. The van der Waals surface area contributed by atoms with E-state index < -0.39 is 0 Å². The zero-order valence-corrected chi connectivity index (χ0v) is 16.9. The number of fused-ring (bicyclic) bond motifs is 1. The first-order valence-electron chi connectivity index (χ1n) is 9.93. The highest BCUT2D eigenvalue weighted by Crippen LogP contribution is 2.29. The van der Waals surface area contributed by atoms with Crippen LogP contribution < -0.4 is 4.90 Å². The number of amides is 1. The predicted octanol–water partition coefficient (Wildman–Crippen LogP) is 3.84. The Balaban J connectivity index is 1.60. The van der Waals surface area contributed by atoms with Gasteiger partial charge in [0.1, 0.15) is 6.61 Å². The van der Waals surface area contributed by atoms with Crippen molar-refractivity contribution in [2.24, 2.45) is 0 Å². The minimum atomic E-state index is -0.336. The van der Waals surface area contributed by atoms with Gasteiger partial charge in [-0.3, -0.25) is 9.59 Å². The van der Waals surface area contributed by atoms with Gasteiger partial charge in [-0.15, -0.1) is 0 Å². The molecule has 5 nitrogen and oxygen atoms in total. The fraction of sp³-hybridized carbons (Fsp3) is 0.391. The monoisotopic (exact) mass is 380 g/mol. The summed E-state index contributed by atoms with van der Waals surface area (Å²) in [5.74, 6) is -0.533. The number of hydrogen-bond acceptors (Lipinski definition) is 4. The summed E-state index contributed by atoms with van der Waals surface area (Å²) in [5.41, 5.74) is 3.53. The SMILES string of the molecule is CCN(CC)CCOC(=O)C(C)c1ccc(N2Cc3ccccc3C2=O)cc1. The molecule has 0 aromatic heterocycles. The quantitative estimate of drug-likeness (QED) is 0.653. The average Bonchev–Trinajstić information content (AvgIpc) is 3.07. The molecule has 1 heterocycles. The lowest BCUT2D eigenvalue weighted by atomic mass is 10.0. The van der Waals surface area contributed by atoms with Crippen LogP contribution in [-0.2, 0) is 16.1 Å². The van der Waals surface area contributed by atoms with Gasteiger partial charge >= 0.3 is 5.97 Å². The third-order valence-corrected chi connectivity index (χ3v) is 5.43. The molecule has 1 aliphatic rings. The molecule has 1 atom stereocenters. The van der Waals surface area contributed by atoms with Crippen LogP contribution in [0.15, 0.2) is 48.5 Å². The van der Waals surface area contributed by atoms with Crippen LogP contribution in [0.5, 0.6) is 0 Å². The van der Waals surface area contributed by atoms with Gasteiger partial charge in [0, 0.05) is 17.8 Å². The van der Waals surface area contributed by atoms with Crippen molar-refractivity contribution in [1.82, 2.24) is 4.90 Å². The normalized spacial score (nSPS) is 14.3. The van der Waals surface area contributed by atoms with Gasteiger partial charge in [0.25, 0.3) is 5.91 Å². The Morgan fingerprint density at radius 3 is 2.43 bits per heavy atom. The summed E-state index contributed by atoms with van der Waals surface area (Å²) < 4.78 is 5.44. The summed E-state index contributed by atoms with van der Waals surface area (Å²) in [6, 6.07) is 15.3. The lowest BCUT2D eigenvalue weighted by Gasteiger charge is -2.19. The zero-order chi connectivity index (χ0) is 20.1. The number of nitrogens with zero attached hydrogens (tertiary/aromatic N) is 2. The van der Waals surface area contributed by atoms with Crippen molar-refractivity contribution in [3.8, 4) is 0 Å². The van der Waals surface area contributed by atoms with Gasteiger partial charge < -0.3 is 14.5 Å². The number of anilines is 1. The number of benzene rings is 2. The number of carbonyl (C=O) groups excluding carboxylic acids is 2. The summed E-state index contributed by atoms with van der Waals surface area (Å²) in [4.78, 5) is 28.9. The fourth-order valence-electron chi connectivity index (χ4n) is 3.48. The van der Waals surface area contributed by atoms with Crippen molar-refractivity contribution in [2.75, 3.05) is 31.1 Å². The van der Waals surface area contributed by atoms with E-state index in [0.717, 1.165) is 42.0 Å². The van der Waals surface area contributed by atoms with E-state index >= 15 is 0 Å². The van der Waals surface area contributed by atoms with E-state index in [1.807, 2.05) is 55.5 Å². The van der Waals surface area contributed by atoms with Crippen molar-refractivity contribution in [3.05, 3.63) is 65.2 Å². The van der Waals surface area contributed by atoms with Crippen LogP contribution in [0.25, 0.3) is 0 Å². The van der Waals surface area contributed by atoms with Crippen molar-refractivity contribution in [3.63, 3.8) is 0 Å². The molecule has 0 saturated heterocycles. The maximum absolute atomic E-state index is 12.6. The molecule has 148 valence electrons. The first-order valence-corrected chi connectivity index (χ1v) is 9.93. The van der Waals surface area contributed by atoms with Gasteiger partial charge in [-0.25, -0.2) is 0 Å². The molecule has 2 aromatic rings. The van der Waals surface area contributed by atoms with Crippen LogP contribution in [0, 0.1) is 0 Å². The zero-order valence-electron chi connectivity index (χ0n) is 16.9. The van der Waals surface area contributed by atoms with Gasteiger partial charge in [0.2, 0.25) is 0 Å². The van der Waals surface area contributed by atoms with E-state index in [1.54, 1.807) is 4.90 Å². The maximum Gasteiger partial charge on any atom is 0.313 e. The Kier molecular flexibility index (Phi) is 6.47.